The molecule has 1 aromatic carbocycles. The summed E-state index contributed by atoms with van der Waals surface area (Å²) in [5.41, 5.74) is 3.53. The van der Waals surface area contributed by atoms with Crippen molar-refractivity contribution >= 4 is 0 Å². The molecule has 4 rings (SSSR count). The summed E-state index contributed by atoms with van der Waals surface area (Å²) in [6, 6.07) is 8.88. The molecule has 0 aliphatic heterocycles. The monoisotopic (exact) mass is 377 g/mol. The van der Waals surface area contributed by atoms with Crippen molar-refractivity contribution in [2.24, 2.45) is 5.92 Å². The van der Waals surface area contributed by atoms with Gasteiger partial charge in [-0.1, -0.05) is 35.8 Å². The maximum absolute atomic E-state index is 10.3. The van der Waals surface area contributed by atoms with Crippen LogP contribution in [0.4, 0.5) is 0 Å². The van der Waals surface area contributed by atoms with Crippen molar-refractivity contribution in [2.45, 2.75) is 76.2 Å². The van der Waals surface area contributed by atoms with Crippen LogP contribution in [-0.2, 0) is 5.41 Å². The molecule has 0 amide bonds. The van der Waals surface area contributed by atoms with Crippen molar-refractivity contribution in [3.63, 3.8) is 0 Å². The van der Waals surface area contributed by atoms with E-state index in [4.69, 9.17) is 9.47 Å². The molecule has 0 aromatic heterocycles. The first-order chi connectivity index (χ1) is 13.6. The van der Waals surface area contributed by atoms with Crippen molar-refractivity contribution in [1.29, 1.82) is 5.26 Å². The van der Waals surface area contributed by atoms with Crippen LogP contribution in [-0.4, -0.2) is 13.2 Å². The van der Waals surface area contributed by atoms with Gasteiger partial charge in [-0.25, -0.2) is 0 Å². The second kappa shape index (κ2) is 8.03. The van der Waals surface area contributed by atoms with Gasteiger partial charge in [0.05, 0.1) is 24.7 Å². The summed E-state index contributed by atoms with van der Waals surface area (Å²) < 4.78 is 11.9. The number of methoxy groups -OCH3 is 1. The lowest BCUT2D eigenvalue weighted by molar-refractivity contribution is 0.200. The third-order valence-corrected chi connectivity index (χ3v) is 6.87. The van der Waals surface area contributed by atoms with Crippen molar-refractivity contribution in [1.82, 2.24) is 0 Å². The largest absolute Gasteiger partial charge is 0.493 e. The lowest BCUT2D eigenvalue weighted by Gasteiger charge is -2.37. The van der Waals surface area contributed by atoms with Crippen LogP contribution in [0, 0.1) is 17.2 Å². The van der Waals surface area contributed by atoms with E-state index in [0.29, 0.717) is 5.92 Å². The van der Waals surface area contributed by atoms with E-state index in [1.54, 1.807) is 7.11 Å². The van der Waals surface area contributed by atoms with E-state index in [1.165, 1.54) is 30.4 Å². The van der Waals surface area contributed by atoms with Gasteiger partial charge in [-0.15, -0.1) is 0 Å². The fourth-order valence-corrected chi connectivity index (χ4v) is 5.25. The molecule has 3 aliphatic carbocycles. The Morgan fingerprint density at radius 3 is 2.61 bits per heavy atom. The number of rotatable bonds is 5. The standard InChI is InChI=1S/C25H31NO2/c1-18-9-10-19(14-18)20-6-5-13-25(16-20,17-26)21-11-12-23(27-2)24(15-21)28-22-7-3-4-8-22/h9,11-12,14-15,20,22H,3-8,10,13,16H2,1-2H3. The van der Waals surface area contributed by atoms with Gasteiger partial charge >= 0.3 is 0 Å². The summed E-state index contributed by atoms with van der Waals surface area (Å²) >= 11 is 0. The highest BCUT2D eigenvalue weighted by atomic mass is 16.5. The average molecular weight is 378 g/mol. The summed E-state index contributed by atoms with van der Waals surface area (Å²) in [5.74, 6) is 2.08. The SMILES string of the molecule is COc1ccc(C2(C#N)CCCC(C3=CC(C)=CC3)C2)cc1OC1CCCC1. The molecule has 3 aliphatic rings. The Bertz CT molecular complexity index is 825. The Kier molecular flexibility index (Phi) is 5.49. The van der Waals surface area contributed by atoms with E-state index in [9.17, 15) is 5.26 Å². The number of nitrogens with zero attached hydrogens (tertiary/aromatic N) is 1. The van der Waals surface area contributed by atoms with Gasteiger partial charge < -0.3 is 9.47 Å². The molecule has 0 saturated heterocycles. The lowest BCUT2D eigenvalue weighted by Crippen LogP contribution is -2.32. The summed E-state index contributed by atoms with van der Waals surface area (Å²) in [7, 11) is 1.69. The first-order valence-electron chi connectivity index (χ1n) is 10.8. The summed E-state index contributed by atoms with van der Waals surface area (Å²) in [6.45, 7) is 2.17. The van der Waals surface area contributed by atoms with Gasteiger partial charge in [0.15, 0.2) is 11.5 Å². The topological polar surface area (TPSA) is 42.2 Å². The van der Waals surface area contributed by atoms with Gasteiger partial charge in [-0.2, -0.15) is 5.26 Å². The van der Waals surface area contributed by atoms with Gasteiger partial charge in [0.25, 0.3) is 0 Å². The number of ether oxygens (including phenoxy) is 2. The minimum Gasteiger partial charge on any atom is -0.493 e. The van der Waals surface area contributed by atoms with Crippen LogP contribution in [0.25, 0.3) is 0 Å². The van der Waals surface area contributed by atoms with Crippen LogP contribution < -0.4 is 9.47 Å². The van der Waals surface area contributed by atoms with Crippen LogP contribution in [0.15, 0.2) is 41.5 Å². The smallest absolute Gasteiger partial charge is 0.161 e. The van der Waals surface area contributed by atoms with Crippen LogP contribution in [0.3, 0.4) is 0 Å². The number of allylic oxidation sites excluding steroid dienone is 4. The van der Waals surface area contributed by atoms with Crippen molar-refractivity contribution < 1.29 is 9.47 Å². The Hall–Kier alpha value is -2.21. The molecule has 0 spiro atoms. The average Bonchev–Trinajstić information content (AvgIpc) is 3.39. The Morgan fingerprint density at radius 2 is 1.93 bits per heavy atom. The van der Waals surface area contributed by atoms with Gasteiger partial charge in [0, 0.05) is 0 Å². The molecule has 3 nitrogen and oxygen atoms in total. The van der Waals surface area contributed by atoms with E-state index in [2.05, 4.69) is 37.3 Å². The molecule has 0 N–H and O–H groups in total. The Balaban J connectivity index is 1.61. The molecular weight excluding hydrogens is 346 g/mol. The summed E-state index contributed by atoms with van der Waals surface area (Å²) in [6.07, 6.45) is 14.8. The zero-order valence-electron chi connectivity index (χ0n) is 17.2. The van der Waals surface area contributed by atoms with Crippen molar-refractivity contribution in [2.75, 3.05) is 7.11 Å². The van der Waals surface area contributed by atoms with Crippen LogP contribution in [0.5, 0.6) is 11.5 Å². The first-order valence-corrected chi connectivity index (χ1v) is 10.8. The molecule has 2 fully saturated rings. The summed E-state index contributed by atoms with van der Waals surface area (Å²) in [5, 5.41) is 10.3. The van der Waals surface area contributed by atoms with Crippen LogP contribution in [0.1, 0.15) is 70.3 Å². The lowest BCUT2D eigenvalue weighted by atomic mass is 9.65. The summed E-state index contributed by atoms with van der Waals surface area (Å²) in [4.78, 5) is 0. The number of hydrogen-bond acceptors (Lipinski definition) is 3. The molecule has 2 unspecified atom stereocenters. The number of nitriles is 1. The highest BCUT2D eigenvalue weighted by Gasteiger charge is 2.40. The highest BCUT2D eigenvalue weighted by Crippen LogP contribution is 2.47. The highest BCUT2D eigenvalue weighted by molar-refractivity contribution is 5.48. The Labute approximate surface area is 169 Å². The van der Waals surface area contributed by atoms with Gasteiger partial charge in [-0.05, 0) is 81.9 Å². The van der Waals surface area contributed by atoms with Gasteiger partial charge in [-0.3, -0.25) is 0 Å². The molecule has 0 radical (unpaired) electrons. The molecule has 0 bridgehead atoms. The molecule has 1 aromatic rings. The maximum Gasteiger partial charge on any atom is 0.161 e. The minimum absolute atomic E-state index is 0.277. The molecule has 0 heterocycles. The second-order valence-electron chi connectivity index (χ2n) is 8.75. The number of hydrogen-bond donors (Lipinski definition) is 0. The normalized spacial score (nSPS) is 27.8. The second-order valence-corrected chi connectivity index (χ2v) is 8.75. The van der Waals surface area contributed by atoms with E-state index in [0.717, 1.165) is 55.6 Å². The Morgan fingerprint density at radius 1 is 1.11 bits per heavy atom. The molecule has 2 saturated carbocycles. The van der Waals surface area contributed by atoms with E-state index in [1.807, 2.05) is 6.07 Å². The predicted octanol–water partition coefficient (Wildman–Crippen LogP) is 6.24. The molecular formula is C25H31NO2. The molecule has 3 heteroatoms. The van der Waals surface area contributed by atoms with E-state index >= 15 is 0 Å². The van der Waals surface area contributed by atoms with Crippen LogP contribution >= 0.6 is 0 Å². The van der Waals surface area contributed by atoms with Crippen molar-refractivity contribution in [3.8, 4) is 17.6 Å². The zero-order valence-corrected chi connectivity index (χ0v) is 17.2. The quantitative estimate of drug-likeness (QED) is 0.609. The van der Waals surface area contributed by atoms with Gasteiger partial charge in [0.1, 0.15) is 0 Å². The van der Waals surface area contributed by atoms with E-state index < -0.39 is 5.41 Å². The van der Waals surface area contributed by atoms with E-state index in [-0.39, 0.29) is 6.10 Å². The predicted molar refractivity (Wildman–Crippen MR) is 112 cm³/mol. The van der Waals surface area contributed by atoms with Crippen LogP contribution in [0.2, 0.25) is 0 Å². The third-order valence-electron chi connectivity index (χ3n) is 6.87. The number of benzene rings is 1. The van der Waals surface area contributed by atoms with Crippen molar-refractivity contribution in [3.05, 3.63) is 47.1 Å². The fraction of sp³-hybridized carbons (Fsp3) is 0.560. The zero-order chi connectivity index (χ0) is 19.6. The molecule has 2 atom stereocenters. The fourth-order valence-electron chi connectivity index (χ4n) is 5.25. The minimum atomic E-state index is -0.430. The molecule has 28 heavy (non-hydrogen) atoms. The third kappa shape index (κ3) is 3.70. The maximum atomic E-state index is 10.3. The molecule has 148 valence electrons. The van der Waals surface area contributed by atoms with Gasteiger partial charge in [0.2, 0.25) is 0 Å². The first kappa shape index (κ1) is 19.1.